The maximum atomic E-state index is 13.4. The summed E-state index contributed by atoms with van der Waals surface area (Å²) in [5, 5.41) is 20.0. The smallest absolute Gasteiger partial charge is 0.255 e. The minimum Gasteiger partial charge on any atom is -0.497 e. The fourth-order valence-corrected chi connectivity index (χ4v) is 4.51. The van der Waals surface area contributed by atoms with Crippen LogP contribution in [0.5, 0.6) is 5.75 Å². The van der Waals surface area contributed by atoms with Crippen molar-refractivity contribution in [2.75, 3.05) is 19.0 Å². The van der Waals surface area contributed by atoms with Crippen molar-refractivity contribution in [1.82, 2.24) is 30.0 Å². The van der Waals surface area contributed by atoms with Crippen LogP contribution in [0.25, 0.3) is 11.3 Å². The number of fused-ring (bicyclic) bond motifs is 1. The zero-order valence-corrected chi connectivity index (χ0v) is 21.8. The summed E-state index contributed by atoms with van der Waals surface area (Å²) in [5.41, 5.74) is 3.48. The predicted molar refractivity (Wildman–Crippen MR) is 144 cm³/mol. The molecule has 2 amide bonds. The predicted octanol–water partition coefficient (Wildman–Crippen LogP) is 2.82. The van der Waals surface area contributed by atoms with Gasteiger partial charge in [-0.15, -0.1) is 0 Å². The summed E-state index contributed by atoms with van der Waals surface area (Å²) in [4.78, 5) is 36.9. The molecule has 0 bridgehead atoms. The van der Waals surface area contributed by atoms with Gasteiger partial charge in [0, 0.05) is 37.0 Å². The first-order valence-corrected chi connectivity index (χ1v) is 12.5. The molecule has 2 aromatic heterocycles. The number of carbonyl (C=O) groups excluding carboxylic acids is 2. The number of aliphatic hydroxyl groups excluding tert-OH is 1. The van der Waals surface area contributed by atoms with Gasteiger partial charge < -0.3 is 25.4 Å². The van der Waals surface area contributed by atoms with Crippen molar-refractivity contribution >= 4 is 23.6 Å². The molecular formula is C28H29N7O4. The Kier molecular flexibility index (Phi) is 7.24. The van der Waals surface area contributed by atoms with Crippen molar-refractivity contribution in [2.45, 2.75) is 25.6 Å². The van der Waals surface area contributed by atoms with Crippen LogP contribution >= 0.6 is 0 Å². The summed E-state index contributed by atoms with van der Waals surface area (Å²) in [5.74, 6) is 1.18. The summed E-state index contributed by atoms with van der Waals surface area (Å²) in [6.45, 7) is 1.70. The number of nitrogens with one attached hydrogen (secondary N) is 2. The number of nitrogens with zero attached hydrogens (tertiary/aromatic N) is 5. The molecule has 1 aliphatic rings. The fourth-order valence-electron chi connectivity index (χ4n) is 4.51. The third kappa shape index (κ3) is 5.30. The SMILES string of the molecule is COc1cccc([C@@H](CO)NC(=O)[C@@H](C)N2Cc3ccc(-c4ccnc(Nc5ccnn5C)n4)cc3C2=O)c1. The van der Waals surface area contributed by atoms with Gasteiger partial charge >= 0.3 is 0 Å². The second-order valence-corrected chi connectivity index (χ2v) is 9.23. The second kappa shape index (κ2) is 10.9. The molecule has 0 aliphatic carbocycles. The summed E-state index contributed by atoms with van der Waals surface area (Å²) in [6, 6.07) is 14.9. The van der Waals surface area contributed by atoms with Crippen LogP contribution in [-0.4, -0.2) is 61.3 Å². The number of aromatic nitrogens is 4. The molecule has 0 radical (unpaired) electrons. The van der Waals surface area contributed by atoms with Crippen LogP contribution < -0.4 is 15.4 Å². The average molecular weight is 528 g/mol. The first-order chi connectivity index (χ1) is 18.9. The zero-order valence-electron chi connectivity index (χ0n) is 21.8. The quantitative estimate of drug-likeness (QED) is 0.303. The number of anilines is 2. The standard InChI is InChI=1S/C28H29N7O4/c1-17(26(37)31-24(16-36)18-5-4-6-21(13-18)39-3)35-15-20-8-7-19(14-22(20)27(35)38)23-9-11-29-28(32-23)33-25-10-12-30-34(25)2/h4-14,17,24,36H,15-16H2,1-3H3,(H,31,37)(H,29,32,33)/t17-,24-/m1/s1. The van der Waals surface area contributed by atoms with E-state index in [-0.39, 0.29) is 18.4 Å². The lowest BCUT2D eigenvalue weighted by molar-refractivity contribution is -0.126. The lowest BCUT2D eigenvalue weighted by Crippen LogP contribution is -2.46. The molecule has 0 fully saturated rings. The summed E-state index contributed by atoms with van der Waals surface area (Å²) < 4.78 is 6.92. The lowest BCUT2D eigenvalue weighted by atomic mass is 10.0. The molecule has 5 rings (SSSR count). The molecule has 200 valence electrons. The monoisotopic (exact) mass is 527 g/mol. The van der Waals surface area contributed by atoms with Crippen LogP contribution in [0, 0.1) is 0 Å². The van der Waals surface area contributed by atoms with Gasteiger partial charge in [0.25, 0.3) is 5.91 Å². The van der Waals surface area contributed by atoms with Gasteiger partial charge in [0.05, 0.1) is 31.6 Å². The zero-order chi connectivity index (χ0) is 27.5. The number of rotatable bonds is 9. The Labute approximate surface area is 225 Å². The Morgan fingerprint density at radius 1 is 1.15 bits per heavy atom. The highest BCUT2D eigenvalue weighted by Gasteiger charge is 2.35. The van der Waals surface area contributed by atoms with Gasteiger partial charge in [-0.25, -0.2) is 9.97 Å². The highest BCUT2D eigenvalue weighted by atomic mass is 16.5. The molecule has 3 N–H and O–H groups in total. The van der Waals surface area contributed by atoms with Crippen LogP contribution in [0.3, 0.4) is 0 Å². The molecule has 0 spiro atoms. The Bertz CT molecular complexity index is 1520. The van der Waals surface area contributed by atoms with Crippen molar-refractivity contribution in [3.05, 3.63) is 83.7 Å². The van der Waals surface area contributed by atoms with Crippen molar-refractivity contribution in [3.8, 4) is 17.0 Å². The summed E-state index contributed by atoms with van der Waals surface area (Å²) in [6.07, 6.45) is 3.32. The maximum Gasteiger partial charge on any atom is 0.255 e. The van der Waals surface area contributed by atoms with Crippen molar-refractivity contribution in [3.63, 3.8) is 0 Å². The molecule has 3 heterocycles. The minimum absolute atomic E-state index is 0.237. The van der Waals surface area contributed by atoms with Crippen molar-refractivity contribution in [1.29, 1.82) is 0 Å². The first kappa shape index (κ1) is 25.9. The average Bonchev–Trinajstić information content (AvgIpc) is 3.52. The molecule has 2 aromatic carbocycles. The van der Waals surface area contributed by atoms with E-state index in [2.05, 4.69) is 25.7 Å². The van der Waals surface area contributed by atoms with Crippen LogP contribution in [0.15, 0.2) is 67.0 Å². The van der Waals surface area contributed by atoms with Crippen LogP contribution in [-0.2, 0) is 18.4 Å². The van der Waals surface area contributed by atoms with E-state index < -0.39 is 12.1 Å². The van der Waals surface area contributed by atoms with Gasteiger partial charge in [0.2, 0.25) is 11.9 Å². The Balaban J connectivity index is 1.30. The van der Waals surface area contributed by atoms with Gasteiger partial charge in [0.15, 0.2) is 0 Å². The molecule has 2 atom stereocenters. The van der Waals surface area contributed by atoms with E-state index in [9.17, 15) is 14.7 Å². The van der Waals surface area contributed by atoms with Crippen LogP contribution in [0.4, 0.5) is 11.8 Å². The van der Waals surface area contributed by atoms with E-state index in [4.69, 9.17) is 4.74 Å². The molecular weight excluding hydrogens is 498 g/mol. The van der Waals surface area contributed by atoms with Gasteiger partial charge in [-0.3, -0.25) is 14.3 Å². The van der Waals surface area contributed by atoms with E-state index in [1.54, 1.807) is 67.5 Å². The molecule has 1 aliphatic heterocycles. The Morgan fingerprint density at radius 2 is 2.00 bits per heavy atom. The highest BCUT2D eigenvalue weighted by molar-refractivity contribution is 6.02. The number of hydrogen-bond donors (Lipinski definition) is 3. The van der Waals surface area contributed by atoms with Crippen LogP contribution in [0.1, 0.15) is 34.5 Å². The first-order valence-electron chi connectivity index (χ1n) is 12.5. The molecule has 0 saturated heterocycles. The molecule has 11 nitrogen and oxygen atoms in total. The normalized spacial score (nSPS) is 14.1. The summed E-state index contributed by atoms with van der Waals surface area (Å²) in [7, 11) is 3.37. The van der Waals surface area contributed by atoms with Gasteiger partial charge in [0.1, 0.15) is 17.6 Å². The number of benzene rings is 2. The van der Waals surface area contributed by atoms with E-state index in [1.807, 2.05) is 25.2 Å². The Morgan fingerprint density at radius 3 is 2.74 bits per heavy atom. The topological polar surface area (TPSA) is 134 Å². The number of aryl methyl sites for hydroxylation is 1. The molecule has 39 heavy (non-hydrogen) atoms. The minimum atomic E-state index is -0.748. The van der Waals surface area contributed by atoms with E-state index in [1.165, 1.54) is 4.90 Å². The molecule has 0 saturated carbocycles. The van der Waals surface area contributed by atoms with E-state index in [0.29, 0.717) is 35.1 Å². The summed E-state index contributed by atoms with van der Waals surface area (Å²) >= 11 is 0. The van der Waals surface area contributed by atoms with E-state index in [0.717, 1.165) is 16.9 Å². The maximum absolute atomic E-state index is 13.4. The van der Waals surface area contributed by atoms with Crippen molar-refractivity contribution in [2.24, 2.45) is 7.05 Å². The van der Waals surface area contributed by atoms with Gasteiger partial charge in [-0.2, -0.15) is 5.10 Å². The molecule has 0 unspecified atom stereocenters. The number of amides is 2. The highest BCUT2D eigenvalue weighted by Crippen LogP contribution is 2.30. The van der Waals surface area contributed by atoms with Crippen molar-refractivity contribution < 1.29 is 19.4 Å². The molecule has 11 heteroatoms. The number of methoxy groups -OCH3 is 1. The third-order valence-electron chi connectivity index (χ3n) is 6.80. The number of aliphatic hydroxyl groups is 1. The second-order valence-electron chi connectivity index (χ2n) is 9.23. The third-order valence-corrected chi connectivity index (χ3v) is 6.80. The molecule has 4 aromatic rings. The Hall–Kier alpha value is -4.77. The van der Waals surface area contributed by atoms with Crippen LogP contribution in [0.2, 0.25) is 0 Å². The number of hydrogen-bond acceptors (Lipinski definition) is 8. The number of carbonyl (C=O) groups is 2. The van der Waals surface area contributed by atoms with Gasteiger partial charge in [-0.1, -0.05) is 24.3 Å². The van der Waals surface area contributed by atoms with Gasteiger partial charge in [-0.05, 0) is 42.3 Å². The lowest BCUT2D eigenvalue weighted by Gasteiger charge is -2.26. The van der Waals surface area contributed by atoms with E-state index >= 15 is 0 Å². The largest absolute Gasteiger partial charge is 0.497 e. The number of ether oxygens (including phenoxy) is 1. The fraction of sp³-hybridized carbons (Fsp3) is 0.250.